The van der Waals surface area contributed by atoms with Crippen LogP contribution in [0.2, 0.25) is 0 Å². The van der Waals surface area contributed by atoms with E-state index in [1.807, 2.05) is 46.9 Å². The highest BCUT2D eigenvalue weighted by molar-refractivity contribution is 14.1. The number of H-pyrrole nitrogens is 1. The molecular formula is C84H82AlCl5F6I2N2O17. The molecule has 3 saturated carbocycles. The topological polar surface area (TPSA) is 295 Å². The lowest BCUT2D eigenvalue weighted by Gasteiger charge is -2.22. The number of phenolic OH excluding ortho intramolecular Hbond substituents is 4. The smallest absolute Gasteiger partial charge is 0.508 e. The second-order valence-corrected chi connectivity index (χ2v) is 36.1. The van der Waals surface area contributed by atoms with Gasteiger partial charge in [0.25, 0.3) is 0 Å². The molecule has 33 heteroatoms. The second-order valence-electron chi connectivity index (χ2n) is 26.8. The molecule has 5 aliphatic heterocycles. The van der Waals surface area contributed by atoms with Crippen LogP contribution in [-0.2, 0) is 11.2 Å². The Balaban J connectivity index is 0.000000207. The number of Topliss-reactive ketones (excluding diaryl/α,β-unsaturated/α-hetero) is 5. The SMILES string of the molecule is C#CC1CCCCC1.CO.Cc1c(F)cc2c(c1C#CC1CCCCC1)OCC2=O.Cc1c(F)cc2c(c1CCC1CCCCC1)OCC2=O.Cc1c(F)cc2c(c1I)OCC2=O.O=C(Cl)CCl.O=C1COc2c1cc(F)c(O)c2I.O=C1COc2cc(O)c(F)cc21.O=Cc1[nH]nc2ccccc12.Oc1ccc(F)c(O)c1.[Cl][Al]([Cl])[Cl]. The van der Waals surface area contributed by atoms with E-state index in [0.717, 1.165) is 97.9 Å². The number of carbonyl (C=O) groups is 7. The Morgan fingerprint density at radius 3 is 1.51 bits per heavy atom. The van der Waals surface area contributed by atoms with Gasteiger partial charge in [-0.3, -0.25) is 38.7 Å². The van der Waals surface area contributed by atoms with Gasteiger partial charge in [-0.1, -0.05) is 101 Å². The average molecular weight is 1960 g/mol. The summed E-state index contributed by atoms with van der Waals surface area (Å²) in [7, 11) is 15.8. The molecule has 8 aliphatic rings. The standard InChI is InChI=1S/C17H21FO2.C17H17FO2.C9H6FIO2.C8H4FIO3.C8H5FO3.C8H6N2O.C8H12.C6H5FO2.C2H2Cl2O.CH4O.Al.3ClH/c2*1-11-13(8-7-12-5-3-2-4-6-12)17-14(9-15(11)18)16(19)10-20-17;1-4-6(10)2-5-7(12)3-13-9(5)8(4)11;9-4-1-3-5(11)2-13-8(3)6(10)7(4)12;9-5-1-4-7(11)3-12-8(4)2-6(5)10;11-5-8-6-3-1-2-4-7(6)9-10-8;1-2-8-6-4-3-5-7-8;7-5-2-1-4(8)3-6(5)9;3-1-2(4)5;1-2;;;;/h9,12H,2-8,10H2,1H3;9,12H,2-6,10H2,1H3;2H,3H2,1H3;1,12H,2H2;1-2,10H,3H2;1-5H,(H,9,10);1,8H,3-7H2;1-3,8-9H;1H2;2H,1H3;;3*1H/q;;;;;;;;;;+3;;;/p-3. The molecule has 0 bridgehead atoms. The van der Waals surface area contributed by atoms with Gasteiger partial charge in [0.05, 0.1) is 48.3 Å². The molecule has 0 spiro atoms. The summed E-state index contributed by atoms with van der Waals surface area (Å²) in [5.74, 6) is 7.07. The molecule has 7 aromatic carbocycles. The summed E-state index contributed by atoms with van der Waals surface area (Å²) < 4.78 is 106. The second kappa shape index (κ2) is 48.9. The maximum absolute atomic E-state index is 14.0. The van der Waals surface area contributed by atoms with E-state index >= 15 is 0 Å². The molecule has 8 aromatic rings. The van der Waals surface area contributed by atoms with E-state index in [-0.39, 0.29) is 117 Å². The van der Waals surface area contributed by atoms with E-state index < -0.39 is 51.3 Å². The Morgan fingerprint density at radius 2 is 1.00 bits per heavy atom. The number of phenols is 4. The van der Waals surface area contributed by atoms with E-state index in [1.54, 1.807) is 43.4 Å². The van der Waals surface area contributed by atoms with E-state index in [1.165, 1.54) is 102 Å². The van der Waals surface area contributed by atoms with E-state index in [9.17, 15) is 65.0 Å². The number of aromatic hydroxyl groups is 4. The molecule has 6 heterocycles. The number of ketones is 5. The highest BCUT2D eigenvalue weighted by Crippen LogP contribution is 2.41. The molecule has 1 aromatic heterocycles. The van der Waals surface area contributed by atoms with Gasteiger partial charge in [0, 0.05) is 53.2 Å². The quantitative estimate of drug-likeness (QED) is 0.0177. The summed E-state index contributed by atoms with van der Waals surface area (Å²) >= 11 is 11.6. The summed E-state index contributed by atoms with van der Waals surface area (Å²) in [6, 6.07) is 17.5. The average Bonchev–Trinajstić information content (AvgIpc) is 1.42. The van der Waals surface area contributed by atoms with Crippen LogP contribution in [0, 0.1) is 105 Å². The fraction of sp³-hybridized carbons (Fsp3) is 0.357. The van der Waals surface area contributed by atoms with E-state index in [4.69, 9.17) is 104 Å². The van der Waals surface area contributed by atoms with Crippen LogP contribution in [-0.4, -0.2) is 134 Å². The van der Waals surface area contributed by atoms with Crippen LogP contribution in [0.25, 0.3) is 10.9 Å². The van der Waals surface area contributed by atoms with Gasteiger partial charge in [0.2, 0.25) is 34.2 Å². The van der Waals surface area contributed by atoms with Crippen molar-refractivity contribution in [3.8, 4) is 75.9 Å². The van der Waals surface area contributed by atoms with Crippen LogP contribution in [0.15, 0.2) is 78.9 Å². The maximum atomic E-state index is 14.0. The highest BCUT2D eigenvalue weighted by Gasteiger charge is 2.32. The van der Waals surface area contributed by atoms with Gasteiger partial charge in [0.15, 0.2) is 74.0 Å². The van der Waals surface area contributed by atoms with Crippen molar-refractivity contribution in [2.24, 2.45) is 17.8 Å². The number of nitrogens with one attached hydrogen (secondary N) is 1. The van der Waals surface area contributed by atoms with Crippen molar-refractivity contribution in [1.29, 1.82) is 0 Å². The fourth-order valence-electron chi connectivity index (χ4n) is 12.7. The molecule has 0 radical (unpaired) electrons. The Morgan fingerprint density at radius 1 is 0.564 bits per heavy atom. The van der Waals surface area contributed by atoms with Crippen molar-refractivity contribution in [2.75, 3.05) is 46.0 Å². The molecule has 117 heavy (non-hydrogen) atoms. The summed E-state index contributed by atoms with van der Waals surface area (Å²) in [6.45, 7) is 5.10. The van der Waals surface area contributed by atoms with E-state index in [2.05, 4.69) is 28.0 Å². The predicted molar refractivity (Wildman–Crippen MR) is 452 cm³/mol. The molecule has 3 aliphatic carbocycles. The number of alkyl halides is 1. The zero-order valence-electron chi connectivity index (χ0n) is 63.7. The number of halogens is 13. The number of aldehydes is 1. The van der Waals surface area contributed by atoms with Gasteiger partial charge in [0.1, 0.15) is 61.2 Å². The van der Waals surface area contributed by atoms with Crippen molar-refractivity contribution >= 4 is 161 Å². The third kappa shape index (κ3) is 28.6. The van der Waals surface area contributed by atoms with Crippen molar-refractivity contribution in [2.45, 2.75) is 130 Å². The van der Waals surface area contributed by atoms with Crippen molar-refractivity contribution < 1.29 is 109 Å². The number of aliphatic hydroxyl groups is 1. The van der Waals surface area contributed by atoms with Crippen LogP contribution in [0.5, 0.6) is 51.7 Å². The lowest BCUT2D eigenvalue weighted by atomic mass is 9.84. The Hall–Kier alpha value is -8.00. The minimum Gasteiger partial charge on any atom is -0.508 e. The Kier molecular flexibility index (Phi) is 40.9. The first-order valence-electron chi connectivity index (χ1n) is 36.6. The van der Waals surface area contributed by atoms with Gasteiger partial charge >= 0.3 is 11.4 Å². The minimum absolute atomic E-state index is 0.00364. The van der Waals surface area contributed by atoms with Crippen molar-refractivity contribution in [1.82, 2.24) is 10.2 Å². The van der Waals surface area contributed by atoms with Gasteiger partial charge in [-0.05, 0) is 176 Å². The summed E-state index contributed by atoms with van der Waals surface area (Å²) in [4.78, 5) is 76.4. The normalized spacial score (nSPS) is 14.8. The third-order valence-electron chi connectivity index (χ3n) is 18.9. The fourth-order valence-corrected chi connectivity index (χ4v) is 14.1. The van der Waals surface area contributed by atoms with Crippen molar-refractivity contribution in [3.63, 3.8) is 0 Å². The monoisotopic (exact) mass is 1960 g/mol. The number of para-hydroxylation sites is 1. The van der Waals surface area contributed by atoms with Crippen LogP contribution >= 0.6 is 98.5 Å². The maximum Gasteiger partial charge on any atom is 0.643 e. The van der Waals surface area contributed by atoms with Crippen LogP contribution < -0.4 is 23.7 Å². The number of benzene rings is 7. The zero-order chi connectivity index (χ0) is 86.3. The number of aliphatic hydroxyl groups excluding tert-OH is 1. The van der Waals surface area contributed by atoms with Gasteiger partial charge in [-0.15, -0.1) is 23.9 Å². The lowest BCUT2D eigenvalue weighted by Crippen LogP contribution is -2.08. The van der Waals surface area contributed by atoms with Gasteiger partial charge < -0.3 is 49.2 Å². The van der Waals surface area contributed by atoms with Crippen LogP contribution in [0.1, 0.15) is 193 Å². The molecule has 19 nitrogen and oxygen atoms in total. The summed E-state index contributed by atoms with van der Waals surface area (Å²) in [5.41, 5.74) is 6.04. The van der Waals surface area contributed by atoms with Gasteiger partial charge in [-0.25, -0.2) is 56.5 Å². The molecule has 0 amide bonds. The molecule has 3 fully saturated rings. The number of aromatic nitrogens is 2. The molecule has 0 unspecified atom stereocenters. The number of ether oxygens (including phenoxy) is 5. The number of carbonyl (C=O) groups excluding carboxylic acids is 7. The van der Waals surface area contributed by atoms with Crippen LogP contribution in [0.4, 0.5) is 26.3 Å². The number of terminal acetylenes is 1. The minimum atomic E-state index is -1.72. The van der Waals surface area contributed by atoms with Crippen molar-refractivity contribution in [3.05, 3.63) is 182 Å². The Bertz CT molecular complexity index is 4910. The highest BCUT2D eigenvalue weighted by atomic mass is 127. The van der Waals surface area contributed by atoms with Gasteiger partial charge in [-0.2, -0.15) is 5.10 Å². The Labute approximate surface area is 726 Å². The number of fused-ring (bicyclic) bond motifs is 6. The lowest BCUT2D eigenvalue weighted by molar-refractivity contribution is -0.109. The summed E-state index contributed by atoms with van der Waals surface area (Å²) in [6.07, 6.45) is 27.1. The molecule has 6 N–H and O–H groups in total. The number of rotatable bonds is 5. The molecular weight excluding hydrogens is 1880 g/mol. The third-order valence-corrected chi connectivity index (χ3v) is 21.8. The predicted octanol–water partition coefficient (Wildman–Crippen LogP) is 20.1. The number of hydrogen-bond donors (Lipinski definition) is 6. The molecule has 0 atom stereocenters. The molecule has 624 valence electrons. The number of nitrogens with zero attached hydrogens (tertiary/aromatic N) is 1. The molecule has 0 saturated heterocycles. The number of aromatic amines is 1. The largest absolute Gasteiger partial charge is 0.643 e. The van der Waals surface area contributed by atoms with E-state index in [0.29, 0.717) is 77.3 Å². The first-order valence-corrected chi connectivity index (χ1v) is 44.9. The molecule has 16 rings (SSSR count). The zero-order valence-corrected chi connectivity index (χ0v) is 73.0. The summed E-state index contributed by atoms with van der Waals surface area (Å²) in [5, 5.41) is 49.2. The first kappa shape index (κ1) is 97.8. The van der Waals surface area contributed by atoms with Crippen LogP contribution in [0.3, 0.4) is 0 Å². The number of hydrogen-bond acceptors (Lipinski definition) is 18. The first-order chi connectivity index (χ1) is 55.8.